The Labute approximate surface area is 121 Å². The standard InChI is InChI=1S/C19H34/c1-4-5-6-7-8-9-10-11-12-13-14-15-16-17-18-19(2)3/h5-6,8-9,11-12,19H,4,7,10,13-18H2,1-3H3/b6-5-,9-8-,12-11-. The van der Waals surface area contributed by atoms with Gasteiger partial charge in [0.05, 0.1) is 0 Å². The van der Waals surface area contributed by atoms with E-state index in [4.69, 9.17) is 0 Å². The van der Waals surface area contributed by atoms with Crippen molar-refractivity contribution in [3.8, 4) is 0 Å². The SMILES string of the molecule is CC/C=C\C/C=C\C/C=C\CCCCCCC(C)C. The minimum atomic E-state index is 0.874. The average Bonchev–Trinajstić information content (AvgIpc) is 2.39. The molecule has 0 heteroatoms. The van der Waals surface area contributed by atoms with Gasteiger partial charge in [0.15, 0.2) is 0 Å². The molecule has 0 aliphatic carbocycles. The van der Waals surface area contributed by atoms with E-state index in [1.807, 2.05) is 0 Å². The molecule has 0 spiro atoms. The molecule has 0 bridgehead atoms. The van der Waals surface area contributed by atoms with Crippen molar-refractivity contribution in [1.82, 2.24) is 0 Å². The second-order valence-corrected chi connectivity index (χ2v) is 5.68. The van der Waals surface area contributed by atoms with Gasteiger partial charge in [0.1, 0.15) is 0 Å². The van der Waals surface area contributed by atoms with Crippen LogP contribution in [0.1, 0.15) is 78.6 Å². The molecule has 0 aromatic heterocycles. The third-order valence-corrected chi connectivity index (χ3v) is 3.18. The van der Waals surface area contributed by atoms with Crippen LogP contribution in [0.3, 0.4) is 0 Å². The Kier molecular flexibility index (Phi) is 14.7. The summed E-state index contributed by atoms with van der Waals surface area (Å²) in [7, 11) is 0. The lowest BCUT2D eigenvalue weighted by Crippen LogP contribution is -1.86. The van der Waals surface area contributed by atoms with Crippen molar-refractivity contribution in [3.05, 3.63) is 36.5 Å². The van der Waals surface area contributed by atoms with E-state index in [1.165, 1.54) is 38.5 Å². The Bertz CT molecular complexity index is 243. The average molecular weight is 262 g/mol. The molecular weight excluding hydrogens is 228 g/mol. The van der Waals surface area contributed by atoms with Crippen molar-refractivity contribution in [2.45, 2.75) is 78.6 Å². The predicted molar refractivity (Wildman–Crippen MR) is 89.5 cm³/mol. The van der Waals surface area contributed by atoms with Crippen molar-refractivity contribution in [2.75, 3.05) is 0 Å². The van der Waals surface area contributed by atoms with Gasteiger partial charge in [0, 0.05) is 0 Å². The largest absolute Gasteiger partial charge is 0.0885 e. The molecule has 0 rings (SSSR count). The number of rotatable bonds is 12. The Morgan fingerprint density at radius 2 is 1.26 bits per heavy atom. The molecule has 0 nitrogen and oxygen atoms in total. The van der Waals surface area contributed by atoms with Gasteiger partial charge < -0.3 is 0 Å². The van der Waals surface area contributed by atoms with E-state index in [9.17, 15) is 0 Å². The zero-order chi connectivity index (χ0) is 14.2. The summed E-state index contributed by atoms with van der Waals surface area (Å²) in [5.74, 6) is 0.874. The lowest BCUT2D eigenvalue weighted by molar-refractivity contribution is 0.521. The molecule has 0 unspecified atom stereocenters. The summed E-state index contributed by atoms with van der Waals surface area (Å²) in [5, 5.41) is 0. The van der Waals surface area contributed by atoms with E-state index in [0.717, 1.165) is 25.2 Å². The summed E-state index contributed by atoms with van der Waals surface area (Å²) in [6.07, 6.45) is 25.2. The normalized spacial score (nSPS) is 12.6. The number of allylic oxidation sites excluding steroid dienone is 6. The van der Waals surface area contributed by atoms with Crippen molar-refractivity contribution >= 4 is 0 Å². The molecule has 0 saturated carbocycles. The number of hydrogen-bond acceptors (Lipinski definition) is 0. The van der Waals surface area contributed by atoms with Gasteiger partial charge in [0.2, 0.25) is 0 Å². The van der Waals surface area contributed by atoms with Crippen LogP contribution in [0, 0.1) is 5.92 Å². The van der Waals surface area contributed by atoms with Gasteiger partial charge in [-0.15, -0.1) is 0 Å². The fraction of sp³-hybridized carbons (Fsp3) is 0.684. The van der Waals surface area contributed by atoms with Crippen LogP contribution in [0.4, 0.5) is 0 Å². The monoisotopic (exact) mass is 262 g/mol. The summed E-state index contributed by atoms with van der Waals surface area (Å²) < 4.78 is 0. The van der Waals surface area contributed by atoms with E-state index in [1.54, 1.807) is 0 Å². The van der Waals surface area contributed by atoms with Gasteiger partial charge in [-0.2, -0.15) is 0 Å². The first-order chi connectivity index (χ1) is 9.27. The molecule has 0 amide bonds. The molecule has 0 aliphatic rings. The van der Waals surface area contributed by atoms with E-state index >= 15 is 0 Å². The minimum absolute atomic E-state index is 0.874. The highest BCUT2D eigenvalue weighted by Gasteiger charge is 1.93. The Morgan fingerprint density at radius 3 is 1.89 bits per heavy atom. The first kappa shape index (κ1) is 18.2. The summed E-state index contributed by atoms with van der Waals surface area (Å²) >= 11 is 0. The maximum absolute atomic E-state index is 2.34. The molecule has 0 atom stereocenters. The van der Waals surface area contributed by atoms with Gasteiger partial charge in [-0.25, -0.2) is 0 Å². The highest BCUT2D eigenvalue weighted by molar-refractivity contribution is 4.96. The van der Waals surface area contributed by atoms with Gasteiger partial charge in [-0.3, -0.25) is 0 Å². The van der Waals surface area contributed by atoms with Crippen molar-refractivity contribution < 1.29 is 0 Å². The van der Waals surface area contributed by atoms with E-state index in [2.05, 4.69) is 57.2 Å². The zero-order valence-corrected chi connectivity index (χ0v) is 13.4. The predicted octanol–water partition coefficient (Wildman–Crippen LogP) is 6.84. The second-order valence-electron chi connectivity index (χ2n) is 5.68. The summed E-state index contributed by atoms with van der Waals surface area (Å²) in [6, 6.07) is 0. The molecule has 0 N–H and O–H groups in total. The smallest absolute Gasteiger partial charge is 0.0169 e. The van der Waals surface area contributed by atoms with Crippen LogP contribution in [0.2, 0.25) is 0 Å². The number of unbranched alkanes of at least 4 members (excludes halogenated alkanes) is 4. The molecule has 0 fully saturated rings. The molecule has 110 valence electrons. The van der Waals surface area contributed by atoms with Crippen LogP contribution in [-0.4, -0.2) is 0 Å². The van der Waals surface area contributed by atoms with Crippen LogP contribution in [-0.2, 0) is 0 Å². The topological polar surface area (TPSA) is 0 Å². The third kappa shape index (κ3) is 17.2. The maximum atomic E-state index is 2.34. The van der Waals surface area contributed by atoms with E-state index < -0.39 is 0 Å². The Morgan fingerprint density at radius 1 is 0.684 bits per heavy atom. The molecule has 0 heterocycles. The lowest BCUT2D eigenvalue weighted by atomic mass is 10.0. The fourth-order valence-electron chi connectivity index (χ4n) is 1.99. The molecule has 0 aliphatic heterocycles. The fourth-order valence-corrected chi connectivity index (χ4v) is 1.99. The van der Waals surface area contributed by atoms with E-state index in [0.29, 0.717) is 0 Å². The molecule has 19 heavy (non-hydrogen) atoms. The highest BCUT2D eigenvalue weighted by Crippen LogP contribution is 2.10. The van der Waals surface area contributed by atoms with Crippen molar-refractivity contribution in [3.63, 3.8) is 0 Å². The highest BCUT2D eigenvalue weighted by atomic mass is 14.0. The Balaban J connectivity index is 3.23. The van der Waals surface area contributed by atoms with Crippen LogP contribution in [0.25, 0.3) is 0 Å². The van der Waals surface area contributed by atoms with E-state index in [-0.39, 0.29) is 0 Å². The zero-order valence-electron chi connectivity index (χ0n) is 13.4. The maximum Gasteiger partial charge on any atom is -0.0169 e. The lowest BCUT2D eigenvalue weighted by Gasteiger charge is -2.02. The summed E-state index contributed by atoms with van der Waals surface area (Å²) in [5.41, 5.74) is 0. The van der Waals surface area contributed by atoms with Gasteiger partial charge in [-0.1, -0.05) is 82.9 Å². The molecular formula is C19H34. The molecule has 0 aromatic carbocycles. The summed E-state index contributed by atoms with van der Waals surface area (Å²) in [4.78, 5) is 0. The van der Waals surface area contributed by atoms with Gasteiger partial charge in [-0.05, 0) is 38.0 Å². The van der Waals surface area contributed by atoms with Gasteiger partial charge >= 0.3 is 0 Å². The number of hydrogen-bond donors (Lipinski definition) is 0. The molecule has 0 radical (unpaired) electrons. The first-order valence-corrected chi connectivity index (χ1v) is 8.22. The Hall–Kier alpha value is -0.780. The van der Waals surface area contributed by atoms with Crippen LogP contribution in [0.15, 0.2) is 36.5 Å². The first-order valence-electron chi connectivity index (χ1n) is 8.22. The van der Waals surface area contributed by atoms with Gasteiger partial charge in [0.25, 0.3) is 0 Å². The second kappa shape index (κ2) is 15.3. The summed E-state index contributed by atoms with van der Waals surface area (Å²) in [6.45, 7) is 6.80. The molecule has 0 aromatic rings. The molecule has 0 saturated heterocycles. The van der Waals surface area contributed by atoms with Crippen molar-refractivity contribution in [1.29, 1.82) is 0 Å². The van der Waals surface area contributed by atoms with Crippen LogP contribution >= 0.6 is 0 Å². The van der Waals surface area contributed by atoms with Crippen molar-refractivity contribution in [2.24, 2.45) is 5.92 Å². The quantitative estimate of drug-likeness (QED) is 0.267. The third-order valence-electron chi connectivity index (χ3n) is 3.18. The van der Waals surface area contributed by atoms with Crippen LogP contribution in [0.5, 0.6) is 0 Å². The van der Waals surface area contributed by atoms with Crippen LogP contribution < -0.4 is 0 Å². The minimum Gasteiger partial charge on any atom is -0.0885 e.